The first-order valence-electron chi connectivity index (χ1n) is 7.67. The van der Waals surface area contributed by atoms with Gasteiger partial charge < -0.3 is 14.3 Å². The van der Waals surface area contributed by atoms with Crippen LogP contribution < -0.4 is 10.2 Å². The maximum absolute atomic E-state index is 12.8. The number of aromatic nitrogens is 4. The molecular formula is C17H15N4NaO4. The van der Waals surface area contributed by atoms with Gasteiger partial charge in [-0.2, -0.15) is 0 Å². The summed E-state index contributed by atoms with van der Waals surface area (Å²) in [6, 6.07) is 10.1. The van der Waals surface area contributed by atoms with Gasteiger partial charge in [0.15, 0.2) is 5.82 Å². The molecule has 26 heavy (non-hydrogen) atoms. The van der Waals surface area contributed by atoms with Gasteiger partial charge in [0, 0.05) is 5.56 Å². The third-order valence-corrected chi connectivity index (χ3v) is 3.75. The van der Waals surface area contributed by atoms with Crippen LogP contribution >= 0.6 is 0 Å². The van der Waals surface area contributed by atoms with Crippen molar-refractivity contribution in [3.63, 3.8) is 0 Å². The van der Waals surface area contributed by atoms with Crippen LogP contribution in [-0.4, -0.2) is 68.0 Å². The summed E-state index contributed by atoms with van der Waals surface area (Å²) in [6.45, 7) is 1.78. The van der Waals surface area contributed by atoms with Crippen molar-refractivity contribution in [2.45, 2.75) is 13.0 Å². The van der Waals surface area contributed by atoms with Crippen LogP contribution in [0.2, 0.25) is 0 Å². The van der Waals surface area contributed by atoms with E-state index < -0.39 is 6.10 Å². The molecule has 9 heteroatoms. The fraction of sp³-hybridized carbons (Fsp3) is 0.176. The number of hydrogen-bond acceptors (Lipinski definition) is 7. The minimum absolute atomic E-state index is 0. The zero-order chi connectivity index (χ0) is 17.4. The Kier molecular flexibility index (Phi) is 5.38. The second kappa shape index (κ2) is 7.55. The average molecular weight is 362 g/mol. The van der Waals surface area contributed by atoms with Gasteiger partial charge in [-0.1, -0.05) is 6.07 Å². The molecule has 2 heterocycles. The molecule has 2 N–H and O–H groups in total. The predicted octanol–water partition coefficient (Wildman–Crippen LogP) is 1.24. The van der Waals surface area contributed by atoms with Crippen molar-refractivity contribution in [2.24, 2.45) is 0 Å². The van der Waals surface area contributed by atoms with Gasteiger partial charge in [0.05, 0.1) is 16.9 Å². The molecule has 0 aliphatic heterocycles. The molecular weight excluding hydrogens is 347 g/mol. The zero-order valence-corrected chi connectivity index (χ0v) is 13.3. The van der Waals surface area contributed by atoms with Crippen LogP contribution in [0.5, 0.6) is 5.75 Å². The molecule has 2 aromatic heterocycles. The molecule has 0 aliphatic rings. The van der Waals surface area contributed by atoms with E-state index in [1.807, 2.05) is 0 Å². The van der Waals surface area contributed by atoms with Gasteiger partial charge in [-0.15, -0.1) is 5.10 Å². The molecule has 0 amide bonds. The number of aliphatic hydroxyl groups excluding tert-OH is 1. The molecule has 0 saturated carbocycles. The monoisotopic (exact) mass is 362 g/mol. The summed E-state index contributed by atoms with van der Waals surface area (Å²) >= 11 is 0. The Labute approximate surface area is 169 Å². The Morgan fingerprint density at radius 3 is 2.77 bits per heavy atom. The Morgan fingerprint density at radius 1 is 1.19 bits per heavy atom. The van der Waals surface area contributed by atoms with Crippen molar-refractivity contribution in [1.82, 2.24) is 20.6 Å². The number of H-pyrrole nitrogens is 1. The van der Waals surface area contributed by atoms with E-state index in [1.165, 1.54) is 0 Å². The topological polar surface area (TPSA) is 114 Å². The summed E-state index contributed by atoms with van der Waals surface area (Å²) in [5.74, 6) is 0.996. The summed E-state index contributed by atoms with van der Waals surface area (Å²) in [4.78, 5) is 12.8. The summed E-state index contributed by atoms with van der Waals surface area (Å²) in [5, 5.41) is 23.8. The number of tetrazole rings is 1. The van der Waals surface area contributed by atoms with Gasteiger partial charge in [0.2, 0.25) is 5.43 Å². The van der Waals surface area contributed by atoms with Gasteiger partial charge in [-0.3, -0.25) is 4.79 Å². The average Bonchev–Trinajstić information content (AvgIpc) is 3.14. The van der Waals surface area contributed by atoms with Crippen molar-refractivity contribution in [1.29, 1.82) is 0 Å². The van der Waals surface area contributed by atoms with E-state index in [-0.39, 0.29) is 41.6 Å². The quantitative estimate of drug-likeness (QED) is 0.415. The molecule has 128 valence electrons. The number of aromatic amines is 1. The summed E-state index contributed by atoms with van der Waals surface area (Å²) < 4.78 is 11.3. The van der Waals surface area contributed by atoms with Gasteiger partial charge in [0.25, 0.3) is 0 Å². The van der Waals surface area contributed by atoms with E-state index in [0.29, 0.717) is 33.5 Å². The van der Waals surface area contributed by atoms with Gasteiger partial charge in [-0.05, 0) is 47.7 Å². The first-order chi connectivity index (χ1) is 12.1. The second-order valence-corrected chi connectivity index (χ2v) is 5.71. The van der Waals surface area contributed by atoms with E-state index in [1.54, 1.807) is 43.3 Å². The Hall–Kier alpha value is -2.26. The first-order valence-corrected chi connectivity index (χ1v) is 7.67. The van der Waals surface area contributed by atoms with Crippen molar-refractivity contribution < 1.29 is 14.3 Å². The number of rotatable bonds is 4. The van der Waals surface area contributed by atoms with E-state index in [2.05, 4.69) is 20.6 Å². The molecule has 8 nitrogen and oxygen atoms in total. The number of hydrogen-bond donors (Lipinski definition) is 2. The van der Waals surface area contributed by atoms with Crippen molar-refractivity contribution in [2.75, 3.05) is 6.61 Å². The number of aliphatic hydroxyl groups is 1. The molecule has 1 unspecified atom stereocenters. The molecule has 0 fully saturated rings. The Morgan fingerprint density at radius 2 is 2.04 bits per heavy atom. The van der Waals surface area contributed by atoms with Crippen LogP contribution in [0.4, 0.5) is 0 Å². The summed E-state index contributed by atoms with van der Waals surface area (Å²) in [7, 11) is 0. The fourth-order valence-electron chi connectivity index (χ4n) is 2.57. The van der Waals surface area contributed by atoms with E-state index in [4.69, 9.17) is 9.15 Å². The van der Waals surface area contributed by atoms with Gasteiger partial charge in [-0.25, -0.2) is 5.10 Å². The normalized spacial score (nSPS) is 12.1. The minimum atomic E-state index is -0.590. The van der Waals surface area contributed by atoms with E-state index >= 15 is 0 Å². The molecule has 2 aromatic carbocycles. The Bertz CT molecular complexity index is 1110. The molecule has 0 saturated heterocycles. The fourth-order valence-corrected chi connectivity index (χ4v) is 2.57. The molecule has 1 atom stereocenters. The SMILES string of the molecule is CC(O)COc1ccc2oc3cc(-c4nnn[nH]4)ccc3c(=O)c2c1.[NaH]. The number of fused-ring (bicyclic) bond motifs is 2. The number of ether oxygens (including phenoxy) is 1. The van der Waals surface area contributed by atoms with Gasteiger partial charge in [0.1, 0.15) is 23.5 Å². The van der Waals surface area contributed by atoms with Crippen molar-refractivity contribution >= 4 is 51.5 Å². The molecule has 0 radical (unpaired) electrons. The summed E-state index contributed by atoms with van der Waals surface area (Å²) in [6.07, 6.45) is -0.590. The maximum atomic E-state index is 12.8. The third kappa shape index (κ3) is 3.49. The van der Waals surface area contributed by atoms with Crippen LogP contribution in [-0.2, 0) is 0 Å². The first kappa shape index (κ1) is 18.5. The number of nitrogens with zero attached hydrogens (tertiary/aromatic N) is 3. The molecule has 4 aromatic rings. The number of nitrogens with one attached hydrogen (secondary N) is 1. The van der Waals surface area contributed by atoms with E-state index in [0.717, 1.165) is 5.56 Å². The van der Waals surface area contributed by atoms with Crippen LogP contribution in [0.15, 0.2) is 45.6 Å². The van der Waals surface area contributed by atoms with Crippen LogP contribution in [0, 0.1) is 0 Å². The summed E-state index contributed by atoms with van der Waals surface area (Å²) in [5.41, 5.74) is 1.47. The number of benzene rings is 2. The zero-order valence-electron chi connectivity index (χ0n) is 13.3. The van der Waals surface area contributed by atoms with Crippen LogP contribution in [0.3, 0.4) is 0 Å². The second-order valence-electron chi connectivity index (χ2n) is 5.71. The van der Waals surface area contributed by atoms with Crippen molar-refractivity contribution in [3.05, 3.63) is 46.6 Å². The van der Waals surface area contributed by atoms with E-state index in [9.17, 15) is 9.90 Å². The standard InChI is InChI=1S/C17H14N4O4.Na.H/c1-9(22)8-24-11-3-5-14-13(7-11)16(23)12-4-2-10(6-15(12)25-14)17-18-20-21-19-17;;/h2-7,9,22H,8H2,1H3,(H,18,19,20,21);;. The molecule has 0 spiro atoms. The third-order valence-electron chi connectivity index (χ3n) is 3.75. The van der Waals surface area contributed by atoms with Crippen molar-refractivity contribution in [3.8, 4) is 17.1 Å². The van der Waals surface area contributed by atoms with Crippen LogP contribution in [0.25, 0.3) is 33.3 Å². The molecule has 0 aliphatic carbocycles. The van der Waals surface area contributed by atoms with Gasteiger partial charge >= 0.3 is 29.6 Å². The van der Waals surface area contributed by atoms with Crippen LogP contribution in [0.1, 0.15) is 6.92 Å². The molecule has 4 rings (SSSR count). The Balaban J connectivity index is 0.00000196. The molecule has 0 bridgehead atoms. The predicted molar refractivity (Wildman–Crippen MR) is 97.5 cm³/mol.